The molecule has 54 valence electrons. The molecule has 1 fully saturated rings. The summed E-state index contributed by atoms with van der Waals surface area (Å²) >= 11 is 6.91. The summed E-state index contributed by atoms with van der Waals surface area (Å²) in [5.74, 6) is 0. The lowest BCUT2D eigenvalue weighted by Gasteiger charge is -1.98. The summed E-state index contributed by atoms with van der Waals surface area (Å²) in [5.41, 5.74) is 0. The molecule has 0 aliphatic carbocycles. The van der Waals surface area contributed by atoms with Gasteiger partial charge in [0.15, 0.2) is 0 Å². The molecular formula is C6H10Br2O. The van der Waals surface area contributed by atoms with E-state index in [-0.39, 0.29) is 0 Å². The standard InChI is InChI=1S/C6H10Br2O/c1-2-4(8)6-5(3-7)9-6/h4-6H,2-3H2,1H3. The van der Waals surface area contributed by atoms with E-state index in [1.54, 1.807) is 0 Å². The summed E-state index contributed by atoms with van der Waals surface area (Å²) in [6.07, 6.45) is 2.08. The van der Waals surface area contributed by atoms with Crippen LogP contribution in [0, 0.1) is 0 Å². The number of alkyl halides is 2. The predicted octanol–water partition coefficient (Wildman–Crippen LogP) is 2.32. The Labute approximate surface area is 72.4 Å². The molecule has 1 heterocycles. The van der Waals surface area contributed by atoms with Crippen molar-refractivity contribution in [1.82, 2.24) is 0 Å². The highest BCUT2D eigenvalue weighted by Crippen LogP contribution is 2.32. The molecule has 0 amide bonds. The molecule has 1 aliphatic heterocycles. The van der Waals surface area contributed by atoms with Gasteiger partial charge in [0, 0.05) is 10.2 Å². The normalized spacial score (nSPS) is 36.3. The topological polar surface area (TPSA) is 12.5 Å². The van der Waals surface area contributed by atoms with E-state index in [2.05, 4.69) is 38.8 Å². The van der Waals surface area contributed by atoms with Gasteiger partial charge in [0.05, 0.1) is 12.2 Å². The Morgan fingerprint density at radius 1 is 1.67 bits per heavy atom. The molecule has 0 aromatic rings. The molecule has 3 atom stereocenters. The van der Waals surface area contributed by atoms with Crippen LogP contribution in [0.5, 0.6) is 0 Å². The van der Waals surface area contributed by atoms with Gasteiger partial charge in [-0.3, -0.25) is 0 Å². The SMILES string of the molecule is CCC(Br)C1OC1CBr. The van der Waals surface area contributed by atoms with E-state index in [0.717, 1.165) is 11.8 Å². The Morgan fingerprint density at radius 2 is 2.33 bits per heavy atom. The third-order valence-corrected chi connectivity index (χ3v) is 3.33. The molecular weight excluding hydrogens is 248 g/mol. The highest BCUT2D eigenvalue weighted by atomic mass is 79.9. The van der Waals surface area contributed by atoms with Gasteiger partial charge in [0.2, 0.25) is 0 Å². The first-order chi connectivity index (χ1) is 4.29. The number of ether oxygens (including phenoxy) is 1. The molecule has 3 heteroatoms. The van der Waals surface area contributed by atoms with Crippen LogP contribution >= 0.6 is 31.9 Å². The third-order valence-electron chi connectivity index (χ3n) is 1.52. The second-order valence-corrected chi connectivity index (χ2v) is 4.04. The fraction of sp³-hybridized carbons (Fsp3) is 1.00. The van der Waals surface area contributed by atoms with Gasteiger partial charge < -0.3 is 4.74 Å². The number of hydrogen-bond donors (Lipinski definition) is 0. The van der Waals surface area contributed by atoms with Crippen molar-refractivity contribution in [3.05, 3.63) is 0 Å². The lowest BCUT2D eigenvalue weighted by atomic mass is 10.2. The fourth-order valence-corrected chi connectivity index (χ4v) is 1.82. The zero-order chi connectivity index (χ0) is 6.85. The minimum atomic E-state index is 0.467. The summed E-state index contributed by atoms with van der Waals surface area (Å²) < 4.78 is 5.33. The summed E-state index contributed by atoms with van der Waals surface area (Å²) in [5, 5.41) is 0.972. The molecule has 1 nitrogen and oxygen atoms in total. The number of rotatable bonds is 3. The molecule has 0 spiro atoms. The molecule has 1 aliphatic rings. The van der Waals surface area contributed by atoms with Crippen LogP contribution in [-0.4, -0.2) is 22.4 Å². The van der Waals surface area contributed by atoms with Crippen molar-refractivity contribution in [1.29, 1.82) is 0 Å². The molecule has 1 saturated heterocycles. The molecule has 1 rings (SSSR count). The first-order valence-electron chi connectivity index (χ1n) is 3.15. The van der Waals surface area contributed by atoms with E-state index in [1.165, 1.54) is 0 Å². The molecule has 0 radical (unpaired) electrons. The maximum Gasteiger partial charge on any atom is 0.0975 e. The second-order valence-electron chi connectivity index (χ2n) is 2.22. The van der Waals surface area contributed by atoms with Crippen LogP contribution < -0.4 is 0 Å². The van der Waals surface area contributed by atoms with Crippen molar-refractivity contribution in [3.8, 4) is 0 Å². The van der Waals surface area contributed by atoms with Crippen LogP contribution in [0.3, 0.4) is 0 Å². The third kappa shape index (κ3) is 1.92. The van der Waals surface area contributed by atoms with E-state index in [1.807, 2.05) is 0 Å². The minimum absolute atomic E-state index is 0.467. The van der Waals surface area contributed by atoms with Crippen molar-refractivity contribution in [2.45, 2.75) is 30.4 Å². The van der Waals surface area contributed by atoms with Gasteiger partial charge >= 0.3 is 0 Å². The van der Waals surface area contributed by atoms with E-state index >= 15 is 0 Å². The van der Waals surface area contributed by atoms with Gasteiger partial charge in [0.25, 0.3) is 0 Å². The van der Waals surface area contributed by atoms with Gasteiger partial charge in [-0.2, -0.15) is 0 Å². The van der Waals surface area contributed by atoms with Gasteiger partial charge in [0.1, 0.15) is 0 Å². The smallest absolute Gasteiger partial charge is 0.0975 e. The summed E-state index contributed by atoms with van der Waals surface area (Å²) in [6.45, 7) is 2.16. The van der Waals surface area contributed by atoms with Crippen LogP contribution in [0.2, 0.25) is 0 Å². The molecule has 0 bridgehead atoms. The van der Waals surface area contributed by atoms with E-state index in [4.69, 9.17) is 4.74 Å². The highest BCUT2D eigenvalue weighted by molar-refractivity contribution is 9.09. The fourth-order valence-electron chi connectivity index (χ4n) is 0.831. The van der Waals surface area contributed by atoms with Gasteiger partial charge in [-0.1, -0.05) is 38.8 Å². The van der Waals surface area contributed by atoms with Crippen LogP contribution in [0.1, 0.15) is 13.3 Å². The largest absolute Gasteiger partial charge is 0.367 e. The van der Waals surface area contributed by atoms with Crippen molar-refractivity contribution >= 4 is 31.9 Å². The van der Waals surface area contributed by atoms with Crippen molar-refractivity contribution in [2.75, 3.05) is 5.33 Å². The average molecular weight is 258 g/mol. The zero-order valence-electron chi connectivity index (χ0n) is 5.31. The number of epoxide rings is 1. The Kier molecular flexibility index (Phi) is 2.99. The first-order valence-corrected chi connectivity index (χ1v) is 5.18. The second kappa shape index (κ2) is 3.35. The van der Waals surface area contributed by atoms with E-state index < -0.39 is 0 Å². The summed E-state index contributed by atoms with van der Waals surface area (Å²) in [7, 11) is 0. The van der Waals surface area contributed by atoms with Gasteiger partial charge in [-0.05, 0) is 6.42 Å². The Balaban J connectivity index is 2.17. The Hall–Kier alpha value is 0.920. The average Bonchev–Trinajstić information content (AvgIpc) is 2.64. The number of hydrogen-bond acceptors (Lipinski definition) is 1. The lowest BCUT2D eigenvalue weighted by molar-refractivity contribution is 0.376. The molecule has 0 aromatic carbocycles. The quantitative estimate of drug-likeness (QED) is 0.559. The van der Waals surface area contributed by atoms with Gasteiger partial charge in [-0.25, -0.2) is 0 Å². The van der Waals surface area contributed by atoms with Crippen LogP contribution in [0.4, 0.5) is 0 Å². The molecule has 0 saturated carbocycles. The van der Waals surface area contributed by atoms with E-state index in [0.29, 0.717) is 17.0 Å². The van der Waals surface area contributed by atoms with Crippen molar-refractivity contribution in [3.63, 3.8) is 0 Å². The minimum Gasteiger partial charge on any atom is -0.367 e. The predicted molar refractivity (Wildman–Crippen MR) is 45.5 cm³/mol. The maximum atomic E-state index is 5.33. The van der Waals surface area contributed by atoms with E-state index in [9.17, 15) is 0 Å². The molecule has 3 unspecified atom stereocenters. The number of halogens is 2. The maximum absolute atomic E-state index is 5.33. The molecule has 0 N–H and O–H groups in total. The molecule has 0 aromatic heterocycles. The highest BCUT2D eigenvalue weighted by Gasteiger charge is 2.41. The van der Waals surface area contributed by atoms with Crippen molar-refractivity contribution in [2.24, 2.45) is 0 Å². The Morgan fingerprint density at radius 3 is 2.67 bits per heavy atom. The lowest BCUT2D eigenvalue weighted by Crippen LogP contribution is -2.08. The van der Waals surface area contributed by atoms with Gasteiger partial charge in [-0.15, -0.1) is 0 Å². The zero-order valence-corrected chi connectivity index (χ0v) is 8.48. The van der Waals surface area contributed by atoms with Crippen LogP contribution in [0.25, 0.3) is 0 Å². The van der Waals surface area contributed by atoms with Crippen LogP contribution in [0.15, 0.2) is 0 Å². The Bertz CT molecular complexity index is 97.1. The summed E-state index contributed by atoms with van der Waals surface area (Å²) in [4.78, 5) is 0.556. The van der Waals surface area contributed by atoms with Crippen LogP contribution in [-0.2, 0) is 4.74 Å². The first kappa shape index (κ1) is 8.02. The summed E-state index contributed by atoms with van der Waals surface area (Å²) in [6, 6.07) is 0. The van der Waals surface area contributed by atoms with Crippen molar-refractivity contribution < 1.29 is 4.74 Å². The molecule has 9 heavy (non-hydrogen) atoms. The monoisotopic (exact) mass is 256 g/mol.